The van der Waals surface area contributed by atoms with Gasteiger partial charge in [0.1, 0.15) is 0 Å². The van der Waals surface area contributed by atoms with Crippen molar-refractivity contribution < 1.29 is 39.6 Å². The molecule has 0 aliphatic rings. The van der Waals surface area contributed by atoms with Crippen LogP contribution in [0, 0.1) is 0 Å². The molecule has 222 valence electrons. The fraction of sp³-hybridized carbons (Fsp3) is 0. The molecule has 0 aliphatic carbocycles. The van der Waals surface area contributed by atoms with E-state index in [4.69, 9.17) is 0 Å². The number of aromatic carboxylic acids is 4. The summed E-state index contributed by atoms with van der Waals surface area (Å²) in [6.07, 6.45) is 0. The van der Waals surface area contributed by atoms with Gasteiger partial charge in [-0.15, -0.1) is 0 Å². The first-order valence-corrected chi connectivity index (χ1v) is 14.2. The van der Waals surface area contributed by atoms with Crippen molar-refractivity contribution in [2.45, 2.75) is 0 Å². The molecular weight excluding hydrogens is 584 g/mol. The van der Waals surface area contributed by atoms with Crippen LogP contribution < -0.4 is 0 Å². The number of carboxylic acid groups (broad SMARTS) is 4. The lowest BCUT2D eigenvalue weighted by atomic mass is 9.81. The highest BCUT2D eigenvalue weighted by molar-refractivity contribution is 6.40. The van der Waals surface area contributed by atoms with Gasteiger partial charge in [0, 0.05) is 16.2 Å². The Hall–Kier alpha value is -6.54. The lowest BCUT2D eigenvalue weighted by Crippen LogP contribution is -2.18. The zero-order chi connectivity index (χ0) is 32.3. The van der Waals surface area contributed by atoms with Crippen molar-refractivity contribution in [1.29, 1.82) is 0 Å². The van der Waals surface area contributed by atoms with E-state index in [1.807, 2.05) is 12.1 Å². The average molecular weight is 607 g/mol. The molecule has 8 heteroatoms. The Morgan fingerprint density at radius 3 is 1.26 bits per heavy atom. The standard InChI is InChI=1S/C24H12O8.C14H10/c25-21(26)13-8-7-11-10-5-1-3-9-4-2-6-12(14(9)10)16-15(11)17(13)19(23(29)30)20(24(31)32)18(16)22(27)28;1-2-6-12-10-14-8-4-3-7-13(14)9-11(12)5-1/h1-8H,(H,25,26)(H,27,28)(H,29,30)(H,31,32);1-10H. The molecule has 0 saturated carbocycles. The summed E-state index contributed by atoms with van der Waals surface area (Å²) >= 11 is 0. The Morgan fingerprint density at radius 2 is 0.783 bits per heavy atom. The van der Waals surface area contributed by atoms with E-state index in [9.17, 15) is 39.6 Å². The molecule has 0 amide bonds. The maximum Gasteiger partial charge on any atom is 0.337 e. The molecule has 46 heavy (non-hydrogen) atoms. The van der Waals surface area contributed by atoms with Crippen molar-refractivity contribution in [3.63, 3.8) is 0 Å². The minimum atomic E-state index is -1.77. The van der Waals surface area contributed by atoms with Crippen LogP contribution in [0.4, 0.5) is 0 Å². The third-order valence-corrected chi connectivity index (χ3v) is 8.41. The van der Waals surface area contributed by atoms with Crippen LogP contribution in [-0.2, 0) is 0 Å². The highest BCUT2D eigenvalue weighted by atomic mass is 16.4. The second kappa shape index (κ2) is 10.6. The Labute approximate surface area is 259 Å². The summed E-state index contributed by atoms with van der Waals surface area (Å²) < 4.78 is 0. The zero-order valence-corrected chi connectivity index (χ0v) is 23.8. The second-order valence-electron chi connectivity index (χ2n) is 10.9. The number of carbonyl (C=O) groups is 4. The van der Waals surface area contributed by atoms with E-state index in [0.717, 1.165) is 5.39 Å². The van der Waals surface area contributed by atoms with Crippen molar-refractivity contribution in [2.75, 3.05) is 0 Å². The predicted octanol–water partition coefficient (Wildman–Crippen LogP) is 8.52. The summed E-state index contributed by atoms with van der Waals surface area (Å²) in [5.41, 5.74) is -2.93. The lowest BCUT2D eigenvalue weighted by molar-refractivity contribution is 0.0635. The molecule has 4 N–H and O–H groups in total. The SMILES string of the molecule is O=C(O)c1c(C(=O)O)c2c(C(=O)O)ccc3c4cccc5cccc(c(c1C(=O)O)c23)c54.c1ccc2cc3ccccc3cc2c1. The zero-order valence-electron chi connectivity index (χ0n) is 23.8. The van der Waals surface area contributed by atoms with E-state index in [1.165, 1.54) is 33.7 Å². The molecule has 8 rings (SSSR count). The van der Waals surface area contributed by atoms with Crippen LogP contribution in [0.5, 0.6) is 0 Å². The number of benzene rings is 8. The van der Waals surface area contributed by atoms with Crippen molar-refractivity contribution in [1.82, 2.24) is 0 Å². The number of fused-ring (bicyclic) bond motifs is 4. The van der Waals surface area contributed by atoms with Crippen molar-refractivity contribution in [3.05, 3.63) is 131 Å². The molecule has 0 radical (unpaired) electrons. The molecule has 8 aromatic rings. The van der Waals surface area contributed by atoms with Crippen LogP contribution in [0.1, 0.15) is 41.4 Å². The van der Waals surface area contributed by atoms with Crippen molar-refractivity contribution >= 4 is 88.5 Å². The first-order chi connectivity index (χ1) is 22.2. The Morgan fingerprint density at radius 1 is 0.348 bits per heavy atom. The van der Waals surface area contributed by atoms with Gasteiger partial charge >= 0.3 is 23.9 Å². The lowest BCUT2D eigenvalue weighted by Gasteiger charge is -2.20. The molecule has 0 saturated heterocycles. The third kappa shape index (κ3) is 4.23. The molecule has 8 nitrogen and oxygen atoms in total. The third-order valence-electron chi connectivity index (χ3n) is 8.41. The average Bonchev–Trinajstić information content (AvgIpc) is 3.05. The minimum Gasteiger partial charge on any atom is -0.478 e. The Kier molecular flexibility index (Phi) is 6.49. The monoisotopic (exact) mass is 606 g/mol. The van der Waals surface area contributed by atoms with Gasteiger partial charge in [0.15, 0.2) is 0 Å². The molecule has 0 bridgehead atoms. The molecule has 0 aliphatic heterocycles. The quantitative estimate of drug-likeness (QED) is 0.115. The van der Waals surface area contributed by atoms with Gasteiger partial charge in [-0.1, -0.05) is 91.0 Å². The van der Waals surface area contributed by atoms with Crippen molar-refractivity contribution in [3.8, 4) is 0 Å². The summed E-state index contributed by atoms with van der Waals surface area (Å²) in [4.78, 5) is 48.7. The van der Waals surface area contributed by atoms with Gasteiger partial charge in [0.2, 0.25) is 0 Å². The fourth-order valence-corrected chi connectivity index (χ4v) is 6.59. The summed E-state index contributed by atoms with van der Waals surface area (Å²) in [5, 5.41) is 47.5. The maximum atomic E-state index is 12.3. The van der Waals surface area contributed by atoms with E-state index in [0.29, 0.717) is 21.5 Å². The highest BCUT2D eigenvalue weighted by Gasteiger charge is 2.33. The number of carboxylic acids is 4. The van der Waals surface area contributed by atoms with Gasteiger partial charge in [-0.2, -0.15) is 0 Å². The molecule has 0 atom stereocenters. The minimum absolute atomic E-state index is 0.00250. The number of hydrogen-bond donors (Lipinski definition) is 4. The number of rotatable bonds is 4. The second-order valence-corrected chi connectivity index (χ2v) is 10.9. The van der Waals surface area contributed by atoms with Gasteiger partial charge in [-0.25, -0.2) is 19.2 Å². The van der Waals surface area contributed by atoms with E-state index >= 15 is 0 Å². The molecule has 0 fully saturated rings. The first-order valence-electron chi connectivity index (χ1n) is 14.2. The number of hydrogen-bond acceptors (Lipinski definition) is 4. The van der Waals surface area contributed by atoms with Gasteiger partial charge in [-0.05, 0) is 66.7 Å². The highest BCUT2D eigenvalue weighted by Crippen LogP contribution is 2.45. The van der Waals surface area contributed by atoms with Crippen LogP contribution in [-0.4, -0.2) is 44.3 Å². The predicted molar refractivity (Wildman–Crippen MR) is 177 cm³/mol. The Balaban J connectivity index is 0.000000200. The van der Waals surface area contributed by atoms with Crippen molar-refractivity contribution in [2.24, 2.45) is 0 Å². The Bertz CT molecular complexity index is 2490. The van der Waals surface area contributed by atoms with Gasteiger partial charge < -0.3 is 20.4 Å². The largest absolute Gasteiger partial charge is 0.478 e. The van der Waals surface area contributed by atoms with E-state index in [1.54, 1.807) is 24.3 Å². The van der Waals surface area contributed by atoms with E-state index < -0.39 is 46.1 Å². The maximum absolute atomic E-state index is 12.3. The molecule has 0 spiro atoms. The van der Waals surface area contributed by atoms with E-state index in [2.05, 4.69) is 60.7 Å². The molecule has 0 aromatic heterocycles. The molecule has 8 aromatic carbocycles. The smallest absolute Gasteiger partial charge is 0.337 e. The summed E-state index contributed by atoms with van der Waals surface area (Å²) in [6.45, 7) is 0. The van der Waals surface area contributed by atoms with Crippen LogP contribution in [0.2, 0.25) is 0 Å². The molecular formula is C38H22O8. The van der Waals surface area contributed by atoms with Gasteiger partial charge in [0.25, 0.3) is 0 Å². The summed E-state index contributed by atoms with van der Waals surface area (Å²) in [5.74, 6) is -6.58. The van der Waals surface area contributed by atoms with Crippen LogP contribution >= 0.6 is 0 Å². The summed E-state index contributed by atoms with van der Waals surface area (Å²) in [6, 6.07) is 34.6. The first kappa shape index (κ1) is 28.2. The molecule has 0 unspecified atom stereocenters. The van der Waals surface area contributed by atoms with Gasteiger partial charge in [0.05, 0.1) is 22.3 Å². The summed E-state index contributed by atoms with van der Waals surface area (Å²) in [7, 11) is 0. The van der Waals surface area contributed by atoms with Crippen LogP contribution in [0.3, 0.4) is 0 Å². The normalized spacial score (nSPS) is 11.3. The van der Waals surface area contributed by atoms with Crippen LogP contribution in [0.25, 0.3) is 64.6 Å². The fourth-order valence-electron chi connectivity index (χ4n) is 6.59. The topological polar surface area (TPSA) is 149 Å². The van der Waals surface area contributed by atoms with Crippen LogP contribution in [0.15, 0.2) is 109 Å². The van der Waals surface area contributed by atoms with E-state index in [-0.39, 0.29) is 16.2 Å². The van der Waals surface area contributed by atoms with Gasteiger partial charge in [-0.3, -0.25) is 0 Å². The molecule has 0 heterocycles.